The molecule has 4 heteroatoms. The first-order valence-electron chi connectivity index (χ1n) is 3.29. The van der Waals surface area contributed by atoms with Gasteiger partial charge < -0.3 is 5.11 Å². The molecular formula is C9H4F2O2. The number of halogens is 2. The number of carbonyl (C=O) groups is 1. The monoisotopic (exact) mass is 182 g/mol. The number of benzene rings is 1. The third-order valence-corrected chi connectivity index (χ3v) is 1.23. The van der Waals surface area contributed by atoms with Crippen LogP contribution in [0.3, 0.4) is 0 Å². The van der Waals surface area contributed by atoms with E-state index in [0.29, 0.717) is 0 Å². The van der Waals surface area contributed by atoms with Crippen molar-refractivity contribution >= 4 is 5.97 Å². The topological polar surface area (TPSA) is 37.3 Å². The van der Waals surface area contributed by atoms with E-state index in [2.05, 4.69) is 5.92 Å². The lowest BCUT2D eigenvalue weighted by Crippen LogP contribution is -1.88. The minimum atomic E-state index is -1.32. The van der Waals surface area contributed by atoms with Crippen LogP contribution in [0, 0.1) is 23.5 Å². The van der Waals surface area contributed by atoms with Crippen LogP contribution < -0.4 is 0 Å². The van der Waals surface area contributed by atoms with Crippen molar-refractivity contribution in [3.63, 3.8) is 0 Å². The van der Waals surface area contributed by atoms with Crippen LogP contribution in [0.1, 0.15) is 5.56 Å². The summed E-state index contributed by atoms with van der Waals surface area (Å²) in [6.07, 6.45) is 0. The van der Waals surface area contributed by atoms with Gasteiger partial charge in [0.15, 0.2) is 11.6 Å². The number of hydrogen-bond donors (Lipinski definition) is 1. The van der Waals surface area contributed by atoms with Crippen LogP contribution in [0.4, 0.5) is 8.78 Å². The zero-order chi connectivity index (χ0) is 9.84. The SMILES string of the molecule is O=C(O)C#Cc1ccc(F)c(F)c1. The molecule has 13 heavy (non-hydrogen) atoms. The number of carboxylic acids is 1. The van der Waals surface area contributed by atoms with Crippen molar-refractivity contribution in [2.24, 2.45) is 0 Å². The van der Waals surface area contributed by atoms with Crippen LogP contribution >= 0.6 is 0 Å². The van der Waals surface area contributed by atoms with Gasteiger partial charge in [0.2, 0.25) is 0 Å². The molecule has 0 fully saturated rings. The lowest BCUT2D eigenvalue weighted by atomic mass is 10.2. The van der Waals surface area contributed by atoms with Gasteiger partial charge in [-0.2, -0.15) is 0 Å². The van der Waals surface area contributed by atoms with Gasteiger partial charge in [-0.05, 0) is 18.2 Å². The number of hydrogen-bond acceptors (Lipinski definition) is 1. The molecular weight excluding hydrogens is 178 g/mol. The van der Waals surface area contributed by atoms with Crippen molar-refractivity contribution in [1.82, 2.24) is 0 Å². The molecule has 0 aromatic heterocycles. The Morgan fingerprint density at radius 1 is 1.31 bits per heavy atom. The normalized spacial score (nSPS) is 8.77. The van der Waals surface area contributed by atoms with Crippen molar-refractivity contribution < 1.29 is 18.7 Å². The Bertz CT molecular complexity index is 402. The van der Waals surface area contributed by atoms with E-state index in [9.17, 15) is 13.6 Å². The molecule has 0 unspecified atom stereocenters. The van der Waals surface area contributed by atoms with Gasteiger partial charge >= 0.3 is 5.97 Å². The minimum Gasteiger partial charge on any atom is -0.472 e. The summed E-state index contributed by atoms with van der Waals surface area (Å²) in [4.78, 5) is 9.98. The first-order chi connectivity index (χ1) is 6.09. The van der Waals surface area contributed by atoms with Crippen molar-refractivity contribution in [1.29, 1.82) is 0 Å². The first-order valence-corrected chi connectivity index (χ1v) is 3.29. The van der Waals surface area contributed by atoms with E-state index in [4.69, 9.17) is 5.11 Å². The first kappa shape index (κ1) is 9.20. The molecule has 1 rings (SSSR count). The van der Waals surface area contributed by atoms with E-state index >= 15 is 0 Å². The van der Waals surface area contributed by atoms with E-state index in [1.165, 1.54) is 6.07 Å². The smallest absolute Gasteiger partial charge is 0.382 e. The van der Waals surface area contributed by atoms with Gasteiger partial charge in [0.05, 0.1) is 0 Å². The molecule has 0 heterocycles. The molecule has 0 aliphatic rings. The predicted octanol–water partition coefficient (Wildman–Crippen LogP) is 1.40. The largest absolute Gasteiger partial charge is 0.472 e. The highest BCUT2D eigenvalue weighted by atomic mass is 19.2. The van der Waals surface area contributed by atoms with Gasteiger partial charge in [-0.3, -0.25) is 0 Å². The van der Waals surface area contributed by atoms with Crippen molar-refractivity contribution in [3.05, 3.63) is 35.4 Å². The molecule has 0 bridgehead atoms. The van der Waals surface area contributed by atoms with Gasteiger partial charge in [0.25, 0.3) is 0 Å². The molecule has 0 saturated carbocycles. The number of aliphatic carboxylic acids is 1. The Morgan fingerprint density at radius 3 is 2.54 bits per heavy atom. The van der Waals surface area contributed by atoms with Crippen LogP contribution in [-0.4, -0.2) is 11.1 Å². The predicted molar refractivity (Wildman–Crippen MR) is 40.9 cm³/mol. The summed E-state index contributed by atoms with van der Waals surface area (Å²) < 4.78 is 24.9. The summed E-state index contributed by atoms with van der Waals surface area (Å²) in [5.74, 6) is 0.597. The summed E-state index contributed by atoms with van der Waals surface area (Å²) in [5, 5.41) is 8.16. The quantitative estimate of drug-likeness (QED) is 0.616. The summed E-state index contributed by atoms with van der Waals surface area (Å²) in [5.41, 5.74) is 0.126. The lowest BCUT2D eigenvalue weighted by Gasteiger charge is -1.91. The van der Waals surface area contributed by atoms with Crippen molar-refractivity contribution in [2.45, 2.75) is 0 Å². The third-order valence-electron chi connectivity index (χ3n) is 1.23. The fourth-order valence-corrected chi connectivity index (χ4v) is 0.700. The van der Waals surface area contributed by atoms with Crippen LogP contribution in [0.2, 0.25) is 0 Å². The zero-order valence-electron chi connectivity index (χ0n) is 6.34. The number of rotatable bonds is 0. The Kier molecular flexibility index (Phi) is 2.60. The van der Waals surface area contributed by atoms with E-state index in [0.717, 1.165) is 12.1 Å². The van der Waals surface area contributed by atoms with E-state index in [1.54, 1.807) is 5.92 Å². The number of carboxylic acid groups (broad SMARTS) is 1. The van der Waals surface area contributed by atoms with E-state index in [1.807, 2.05) is 0 Å². The highest BCUT2D eigenvalue weighted by Crippen LogP contribution is 2.07. The average molecular weight is 182 g/mol. The van der Waals surface area contributed by atoms with Gasteiger partial charge in [-0.25, -0.2) is 13.6 Å². The van der Waals surface area contributed by atoms with Gasteiger partial charge in [-0.15, -0.1) is 0 Å². The molecule has 1 aromatic rings. The van der Waals surface area contributed by atoms with E-state index < -0.39 is 17.6 Å². The Balaban J connectivity index is 3.00. The molecule has 0 aliphatic carbocycles. The van der Waals surface area contributed by atoms with Gasteiger partial charge in [0, 0.05) is 11.5 Å². The lowest BCUT2D eigenvalue weighted by molar-refractivity contribution is -0.130. The maximum Gasteiger partial charge on any atom is 0.382 e. The molecule has 2 nitrogen and oxygen atoms in total. The molecule has 0 atom stereocenters. The van der Waals surface area contributed by atoms with Crippen LogP contribution in [0.25, 0.3) is 0 Å². The van der Waals surface area contributed by atoms with Gasteiger partial charge in [-0.1, -0.05) is 5.92 Å². The second-order valence-electron chi connectivity index (χ2n) is 2.18. The van der Waals surface area contributed by atoms with Crippen molar-refractivity contribution in [2.75, 3.05) is 0 Å². The molecule has 0 spiro atoms. The standard InChI is InChI=1S/C9H4F2O2/c10-7-3-1-6(5-8(7)11)2-4-9(12)13/h1,3,5H,(H,12,13). The second-order valence-corrected chi connectivity index (χ2v) is 2.18. The Labute approximate surface area is 72.8 Å². The average Bonchev–Trinajstić information content (AvgIpc) is 2.07. The summed E-state index contributed by atoms with van der Waals surface area (Å²) >= 11 is 0. The Hall–Kier alpha value is -1.89. The zero-order valence-corrected chi connectivity index (χ0v) is 6.34. The van der Waals surface area contributed by atoms with E-state index in [-0.39, 0.29) is 5.56 Å². The molecule has 0 saturated heterocycles. The summed E-state index contributed by atoms with van der Waals surface area (Å²) in [6.45, 7) is 0. The highest BCUT2D eigenvalue weighted by Gasteiger charge is 1.99. The maximum absolute atomic E-state index is 12.5. The molecule has 0 amide bonds. The molecule has 0 aliphatic heterocycles. The molecule has 1 N–H and O–H groups in total. The Morgan fingerprint density at radius 2 is 2.00 bits per heavy atom. The molecule has 1 aromatic carbocycles. The molecule has 0 radical (unpaired) electrons. The van der Waals surface area contributed by atoms with Crippen molar-refractivity contribution in [3.8, 4) is 11.8 Å². The fraction of sp³-hybridized carbons (Fsp3) is 0. The van der Waals surface area contributed by atoms with Crippen LogP contribution in [0.15, 0.2) is 18.2 Å². The summed E-state index contributed by atoms with van der Waals surface area (Å²) in [6, 6.07) is 2.93. The summed E-state index contributed by atoms with van der Waals surface area (Å²) in [7, 11) is 0. The van der Waals surface area contributed by atoms with Gasteiger partial charge in [0.1, 0.15) is 0 Å². The fourth-order valence-electron chi connectivity index (χ4n) is 0.700. The highest BCUT2D eigenvalue weighted by molar-refractivity contribution is 5.87. The molecule has 66 valence electrons. The second kappa shape index (κ2) is 3.68. The van der Waals surface area contributed by atoms with Crippen LogP contribution in [0.5, 0.6) is 0 Å². The third kappa shape index (κ3) is 2.56. The maximum atomic E-state index is 12.5. The van der Waals surface area contributed by atoms with Crippen LogP contribution in [-0.2, 0) is 4.79 Å². The minimum absolute atomic E-state index is 0.126.